The number of nitriles is 1. The van der Waals surface area contributed by atoms with Crippen LogP contribution in [0.4, 0.5) is 32.3 Å². The molecule has 1 aromatic heterocycles. The second-order valence-electron chi connectivity index (χ2n) is 10.9. The third-order valence-electron chi connectivity index (χ3n) is 7.78. The van der Waals surface area contributed by atoms with Crippen LogP contribution in [0.3, 0.4) is 0 Å². The number of carbonyl (C=O) groups excluding carboxylic acids is 1. The van der Waals surface area contributed by atoms with Crippen molar-refractivity contribution in [1.82, 2.24) is 20.2 Å². The number of nitrogens with two attached hydrogens (primary N) is 1. The van der Waals surface area contributed by atoms with Gasteiger partial charge in [0.2, 0.25) is 5.95 Å². The Bertz CT molecular complexity index is 1240. The van der Waals surface area contributed by atoms with E-state index in [9.17, 15) is 10.1 Å². The first-order chi connectivity index (χ1) is 17.7. The average molecular weight is 508 g/mol. The zero-order valence-corrected chi connectivity index (χ0v) is 21.5. The number of benzene rings is 1. The summed E-state index contributed by atoms with van der Waals surface area (Å²) in [5.74, 6) is 6.29. The summed E-state index contributed by atoms with van der Waals surface area (Å²) < 4.78 is 15.1. The first kappa shape index (κ1) is 25.2. The van der Waals surface area contributed by atoms with Gasteiger partial charge in [0.15, 0.2) is 0 Å². The van der Waals surface area contributed by atoms with Gasteiger partial charge in [0.25, 0.3) is 0 Å². The molecule has 0 bridgehead atoms. The van der Waals surface area contributed by atoms with Crippen molar-refractivity contribution in [3.05, 3.63) is 35.3 Å². The normalized spacial score (nSPS) is 22.6. The minimum absolute atomic E-state index is 0.0553. The minimum atomic E-state index is -0.503. The number of aromatic nitrogens is 2. The molecule has 3 heterocycles. The maximum absolute atomic E-state index is 15.1. The van der Waals surface area contributed by atoms with Crippen LogP contribution in [-0.4, -0.2) is 52.1 Å². The number of fused-ring (bicyclic) bond motifs is 1. The lowest BCUT2D eigenvalue weighted by Crippen LogP contribution is -2.55. The summed E-state index contributed by atoms with van der Waals surface area (Å²) in [6.07, 6.45) is 7.57. The fraction of sp³-hybridized carbons (Fsp3) is 0.538. The molecule has 0 unspecified atom stereocenters. The van der Waals surface area contributed by atoms with Gasteiger partial charge in [0, 0.05) is 24.7 Å². The SMILES string of the molecule is CNC(=O)N(N)c1cc(Nc2ncc(C#N)c(N[C@H]3C[C@H]4CCCN4C(C)(C)C3)n2)c(F)cc1C1CC1. The van der Waals surface area contributed by atoms with Crippen molar-refractivity contribution in [2.24, 2.45) is 5.84 Å². The molecule has 5 N–H and O–H groups in total. The van der Waals surface area contributed by atoms with E-state index in [1.54, 1.807) is 0 Å². The standard InChI is InChI=1S/C26H34FN9O/c1-26(2)12-17(9-18-5-4-8-35(18)26)32-23-16(13-28)14-31-24(34-23)33-21-11-22(36(29)25(37)30-3)19(10-20(21)27)15-6-7-15/h10-11,14-15,17-18H,4-9,12,29H2,1-3H3,(H,30,37)(H2,31,32,33,34)/t17-,18+/m0/s1. The van der Waals surface area contributed by atoms with Crippen molar-refractivity contribution in [3.8, 4) is 6.07 Å². The lowest BCUT2D eigenvalue weighted by atomic mass is 9.84. The summed E-state index contributed by atoms with van der Waals surface area (Å²) in [6.45, 7) is 5.66. The fourth-order valence-electron chi connectivity index (χ4n) is 5.90. The van der Waals surface area contributed by atoms with Crippen molar-refractivity contribution in [2.75, 3.05) is 29.2 Å². The number of hydrogen-bond acceptors (Lipinski definition) is 8. The van der Waals surface area contributed by atoms with Crippen LogP contribution in [0.15, 0.2) is 18.3 Å². The lowest BCUT2D eigenvalue weighted by molar-refractivity contribution is 0.0501. The molecule has 2 amide bonds. The molecular weight excluding hydrogens is 473 g/mol. The molecule has 0 spiro atoms. The molecule has 37 heavy (non-hydrogen) atoms. The van der Waals surface area contributed by atoms with E-state index in [2.05, 4.69) is 50.7 Å². The van der Waals surface area contributed by atoms with Crippen LogP contribution in [0, 0.1) is 17.1 Å². The van der Waals surface area contributed by atoms with Crippen molar-refractivity contribution >= 4 is 29.2 Å². The van der Waals surface area contributed by atoms with Crippen LogP contribution >= 0.6 is 0 Å². The predicted molar refractivity (Wildman–Crippen MR) is 140 cm³/mol. The van der Waals surface area contributed by atoms with Crippen molar-refractivity contribution in [3.63, 3.8) is 0 Å². The van der Waals surface area contributed by atoms with Crippen molar-refractivity contribution < 1.29 is 9.18 Å². The first-order valence-electron chi connectivity index (χ1n) is 12.9. The van der Waals surface area contributed by atoms with Gasteiger partial charge in [-0.3, -0.25) is 4.90 Å². The monoisotopic (exact) mass is 507 g/mol. The van der Waals surface area contributed by atoms with Gasteiger partial charge in [-0.1, -0.05) is 0 Å². The molecule has 10 nitrogen and oxygen atoms in total. The third kappa shape index (κ3) is 5.04. The third-order valence-corrected chi connectivity index (χ3v) is 7.78. The van der Waals surface area contributed by atoms with Gasteiger partial charge < -0.3 is 16.0 Å². The second-order valence-corrected chi connectivity index (χ2v) is 10.9. The Morgan fingerprint density at radius 1 is 1.32 bits per heavy atom. The Morgan fingerprint density at radius 3 is 2.81 bits per heavy atom. The predicted octanol–water partition coefficient (Wildman–Crippen LogP) is 3.95. The van der Waals surface area contributed by atoms with E-state index < -0.39 is 11.8 Å². The summed E-state index contributed by atoms with van der Waals surface area (Å²) in [6, 6.07) is 5.25. The van der Waals surface area contributed by atoms with Gasteiger partial charge >= 0.3 is 6.03 Å². The van der Waals surface area contributed by atoms with Gasteiger partial charge in [-0.2, -0.15) is 10.2 Å². The highest BCUT2D eigenvalue weighted by molar-refractivity contribution is 5.92. The number of anilines is 4. The Hall–Kier alpha value is -3.49. The molecule has 0 radical (unpaired) electrons. The minimum Gasteiger partial charge on any atom is -0.366 e. The number of nitrogens with one attached hydrogen (secondary N) is 3. The topological polar surface area (TPSA) is 135 Å². The smallest absolute Gasteiger partial charge is 0.336 e. The summed E-state index contributed by atoms with van der Waals surface area (Å²) in [5.41, 5.74) is 1.59. The van der Waals surface area contributed by atoms with Crippen LogP contribution in [0.25, 0.3) is 0 Å². The largest absolute Gasteiger partial charge is 0.366 e. The first-order valence-corrected chi connectivity index (χ1v) is 12.9. The number of nitrogens with zero attached hydrogens (tertiary/aromatic N) is 5. The summed E-state index contributed by atoms with van der Waals surface area (Å²) in [7, 11) is 1.48. The van der Waals surface area contributed by atoms with E-state index in [0.717, 1.165) is 37.2 Å². The number of carbonyl (C=O) groups is 1. The van der Waals surface area contributed by atoms with Gasteiger partial charge in [-0.05, 0) is 82.5 Å². The molecule has 2 aromatic rings. The highest BCUT2D eigenvalue weighted by atomic mass is 19.1. The molecule has 2 saturated heterocycles. The number of hydrazine groups is 1. The number of piperidine rings is 1. The molecular formula is C26H34FN9O. The molecule has 1 aliphatic carbocycles. The van der Waals surface area contributed by atoms with Gasteiger partial charge in [0.1, 0.15) is 23.3 Å². The van der Waals surface area contributed by atoms with E-state index >= 15 is 4.39 Å². The van der Waals surface area contributed by atoms with Crippen LogP contribution in [0.1, 0.15) is 69.4 Å². The molecule has 3 fully saturated rings. The van der Waals surface area contributed by atoms with E-state index in [4.69, 9.17) is 5.84 Å². The van der Waals surface area contributed by atoms with Crippen LogP contribution < -0.4 is 26.8 Å². The molecule has 2 aliphatic heterocycles. The van der Waals surface area contributed by atoms with Gasteiger partial charge in [-0.25, -0.2) is 25.0 Å². The maximum Gasteiger partial charge on any atom is 0.336 e. The fourth-order valence-corrected chi connectivity index (χ4v) is 5.90. The highest BCUT2D eigenvalue weighted by Gasteiger charge is 2.43. The van der Waals surface area contributed by atoms with Gasteiger partial charge in [0.05, 0.1) is 17.6 Å². The second kappa shape index (κ2) is 9.76. The number of hydrogen-bond donors (Lipinski definition) is 4. The molecule has 3 aliphatic rings. The molecule has 196 valence electrons. The highest BCUT2D eigenvalue weighted by Crippen LogP contribution is 2.46. The average Bonchev–Trinajstić information content (AvgIpc) is 3.60. The molecule has 2 atom stereocenters. The summed E-state index contributed by atoms with van der Waals surface area (Å²) in [5, 5.41) is 19.6. The molecule has 5 rings (SSSR count). The zero-order valence-electron chi connectivity index (χ0n) is 21.5. The Balaban J connectivity index is 1.40. The summed E-state index contributed by atoms with van der Waals surface area (Å²) in [4.78, 5) is 23.6. The van der Waals surface area contributed by atoms with Crippen LogP contribution in [0.5, 0.6) is 0 Å². The maximum atomic E-state index is 15.1. The summed E-state index contributed by atoms with van der Waals surface area (Å²) >= 11 is 0. The van der Waals surface area contributed by atoms with E-state index in [1.807, 2.05) is 0 Å². The van der Waals surface area contributed by atoms with Crippen molar-refractivity contribution in [2.45, 2.75) is 75.9 Å². The molecule has 11 heteroatoms. The van der Waals surface area contributed by atoms with Crippen molar-refractivity contribution in [1.29, 1.82) is 5.26 Å². The molecule has 1 aromatic carbocycles. The Morgan fingerprint density at radius 2 is 2.11 bits per heavy atom. The van der Waals surface area contributed by atoms with Crippen LogP contribution in [0.2, 0.25) is 0 Å². The number of halogens is 1. The number of urea groups is 1. The van der Waals surface area contributed by atoms with E-state index in [0.29, 0.717) is 28.7 Å². The molecule has 1 saturated carbocycles. The van der Waals surface area contributed by atoms with Gasteiger partial charge in [-0.15, -0.1) is 0 Å². The zero-order chi connectivity index (χ0) is 26.3. The number of rotatable bonds is 6. The lowest BCUT2D eigenvalue weighted by Gasteiger charge is -2.47. The number of amides is 2. The quantitative estimate of drug-likeness (QED) is 0.262. The van der Waals surface area contributed by atoms with E-state index in [1.165, 1.54) is 38.2 Å². The Kier molecular flexibility index (Phi) is 6.64. The van der Waals surface area contributed by atoms with E-state index in [-0.39, 0.29) is 29.1 Å². The van der Waals surface area contributed by atoms with Crippen LogP contribution in [-0.2, 0) is 0 Å². The Labute approximate surface area is 216 Å².